The molecule has 0 aliphatic heterocycles. The quantitative estimate of drug-likeness (QED) is 0.435. The lowest BCUT2D eigenvalue weighted by Crippen LogP contribution is -2.47. The molecule has 34 heavy (non-hydrogen) atoms. The van der Waals surface area contributed by atoms with Crippen LogP contribution >= 0.6 is 11.6 Å². The molecule has 2 amide bonds. The van der Waals surface area contributed by atoms with Crippen LogP contribution in [0.15, 0.2) is 65.3 Å². The van der Waals surface area contributed by atoms with E-state index >= 15 is 0 Å². The summed E-state index contributed by atoms with van der Waals surface area (Å²) in [4.78, 5) is 29.0. The Morgan fingerprint density at radius 1 is 1.09 bits per heavy atom. The number of rotatable bonds is 7. The normalized spacial score (nSPS) is 15.0. The third kappa shape index (κ3) is 5.50. The first-order valence-electron chi connectivity index (χ1n) is 11.6. The van der Waals surface area contributed by atoms with Crippen LogP contribution < -0.4 is 5.32 Å². The number of furan rings is 1. The van der Waals surface area contributed by atoms with Crippen molar-refractivity contribution < 1.29 is 18.4 Å². The third-order valence-electron chi connectivity index (χ3n) is 6.35. The van der Waals surface area contributed by atoms with Gasteiger partial charge in [0.2, 0.25) is 5.91 Å². The van der Waals surface area contributed by atoms with E-state index in [1.165, 1.54) is 23.3 Å². The Labute approximate surface area is 203 Å². The molecule has 5 nitrogen and oxygen atoms in total. The standard InChI is InChI=1S/C27H28ClFN2O3/c1-18-23(15-16-34-18)27(33)31(17-20-7-5-6-10-24(20)28)25(19-11-13-21(29)14-12-19)26(32)30-22-8-3-2-4-9-22/h5-7,10-16,22,25H,2-4,8-9,17H2,1H3,(H,30,32)/t25-/m0/s1. The number of nitrogens with zero attached hydrogens (tertiary/aromatic N) is 1. The lowest BCUT2D eigenvalue weighted by molar-refractivity contribution is -0.127. The minimum atomic E-state index is -0.972. The van der Waals surface area contributed by atoms with Gasteiger partial charge in [-0.3, -0.25) is 9.59 Å². The summed E-state index contributed by atoms with van der Waals surface area (Å²) in [7, 11) is 0. The van der Waals surface area contributed by atoms with Gasteiger partial charge in [-0.25, -0.2) is 4.39 Å². The lowest BCUT2D eigenvalue weighted by atomic mass is 9.94. The zero-order chi connectivity index (χ0) is 24.1. The summed E-state index contributed by atoms with van der Waals surface area (Å²) < 4.78 is 19.1. The number of hydrogen-bond acceptors (Lipinski definition) is 3. The van der Waals surface area contributed by atoms with E-state index in [9.17, 15) is 14.0 Å². The minimum absolute atomic E-state index is 0.0529. The molecule has 1 atom stereocenters. The highest BCUT2D eigenvalue weighted by atomic mass is 35.5. The van der Waals surface area contributed by atoms with Gasteiger partial charge in [-0.05, 0) is 55.2 Å². The Morgan fingerprint density at radius 3 is 2.44 bits per heavy atom. The molecule has 4 rings (SSSR count). The summed E-state index contributed by atoms with van der Waals surface area (Å²) in [6, 6.07) is 13.6. The lowest BCUT2D eigenvalue weighted by Gasteiger charge is -2.33. The van der Waals surface area contributed by atoms with Gasteiger partial charge < -0.3 is 14.6 Å². The molecular formula is C27H28ClFN2O3. The SMILES string of the molecule is Cc1occc1C(=O)N(Cc1ccccc1Cl)[C@H](C(=O)NC1CCCCC1)c1ccc(F)cc1. The summed E-state index contributed by atoms with van der Waals surface area (Å²) in [5, 5.41) is 3.64. The zero-order valence-electron chi connectivity index (χ0n) is 19.1. The van der Waals surface area contributed by atoms with Crippen LogP contribution in [0, 0.1) is 12.7 Å². The largest absolute Gasteiger partial charge is 0.469 e. The van der Waals surface area contributed by atoms with Crippen LogP contribution in [0.4, 0.5) is 4.39 Å². The Kier molecular flexibility index (Phi) is 7.68. The fourth-order valence-corrected chi connectivity index (χ4v) is 4.69. The van der Waals surface area contributed by atoms with Gasteiger partial charge >= 0.3 is 0 Å². The Bertz CT molecular complexity index is 1140. The fourth-order valence-electron chi connectivity index (χ4n) is 4.50. The predicted octanol–water partition coefficient (Wildman–Crippen LogP) is 6.21. The maximum atomic E-state index is 13.8. The maximum absolute atomic E-state index is 13.8. The topological polar surface area (TPSA) is 62.6 Å². The highest BCUT2D eigenvalue weighted by molar-refractivity contribution is 6.31. The maximum Gasteiger partial charge on any atom is 0.258 e. The molecule has 0 spiro atoms. The minimum Gasteiger partial charge on any atom is -0.469 e. The molecule has 0 radical (unpaired) electrons. The Hall–Kier alpha value is -3.12. The highest BCUT2D eigenvalue weighted by Crippen LogP contribution is 2.30. The third-order valence-corrected chi connectivity index (χ3v) is 6.71. The first kappa shape index (κ1) is 24.0. The zero-order valence-corrected chi connectivity index (χ0v) is 19.9. The van der Waals surface area contributed by atoms with Gasteiger partial charge in [0.05, 0.1) is 11.8 Å². The summed E-state index contributed by atoms with van der Waals surface area (Å²) in [5.41, 5.74) is 1.59. The van der Waals surface area contributed by atoms with Crippen molar-refractivity contribution in [3.05, 3.63) is 94.2 Å². The molecule has 3 aromatic rings. The van der Waals surface area contributed by atoms with Crippen LogP contribution in [0.1, 0.15) is 65.4 Å². The highest BCUT2D eigenvalue weighted by Gasteiger charge is 2.34. The van der Waals surface area contributed by atoms with Crippen molar-refractivity contribution >= 4 is 23.4 Å². The van der Waals surface area contributed by atoms with Crippen molar-refractivity contribution in [2.45, 2.75) is 57.7 Å². The molecule has 1 fully saturated rings. The van der Waals surface area contributed by atoms with Crippen molar-refractivity contribution in [2.75, 3.05) is 0 Å². The number of amides is 2. The number of benzene rings is 2. The first-order chi connectivity index (χ1) is 16.4. The fraction of sp³-hybridized carbons (Fsp3) is 0.333. The average Bonchev–Trinajstić information content (AvgIpc) is 3.27. The molecule has 1 aromatic heterocycles. The van der Waals surface area contributed by atoms with Gasteiger partial charge in [0.1, 0.15) is 17.6 Å². The number of halogens is 2. The Balaban J connectivity index is 1.76. The second kappa shape index (κ2) is 10.9. The number of nitrogens with one attached hydrogen (secondary N) is 1. The molecule has 178 valence electrons. The van der Waals surface area contributed by atoms with E-state index in [0.717, 1.165) is 32.1 Å². The van der Waals surface area contributed by atoms with Gasteiger partial charge in [-0.15, -0.1) is 0 Å². The van der Waals surface area contributed by atoms with Crippen molar-refractivity contribution in [1.29, 1.82) is 0 Å². The summed E-state index contributed by atoms with van der Waals surface area (Å²) in [6.45, 7) is 1.80. The Morgan fingerprint density at radius 2 is 1.79 bits per heavy atom. The molecule has 0 bridgehead atoms. The molecular weight excluding hydrogens is 455 g/mol. The van der Waals surface area contributed by atoms with E-state index < -0.39 is 11.9 Å². The second-order valence-electron chi connectivity index (χ2n) is 8.71. The summed E-state index contributed by atoms with van der Waals surface area (Å²) >= 11 is 6.43. The van der Waals surface area contributed by atoms with Crippen LogP contribution in [0.5, 0.6) is 0 Å². The van der Waals surface area contributed by atoms with Crippen molar-refractivity contribution in [3.63, 3.8) is 0 Å². The summed E-state index contributed by atoms with van der Waals surface area (Å²) in [5.74, 6) is -0.607. The second-order valence-corrected chi connectivity index (χ2v) is 9.12. The van der Waals surface area contributed by atoms with E-state index in [4.69, 9.17) is 16.0 Å². The molecule has 1 N–H and O–H groups in total. The molecule has 7 heteroatoms. The van der Waals surface area contributed by atoms with E-state index in [1.807, 2.05) is 18.2 Å². The molecule has 1 saturated carbocycles. The van der Waals surface area contributed by atoms with Gasteiger partial charge in [-0.1, -0.05) is 61.2 Å². The van der Waals surface area contributed by atoms with Gasteiger partial charge in [-0.2, -0.15) is 0 Å². The first-order valence-corrected chi connectivity index (χ1v) is 12.0. The van der Waals surface area contributed by atoms with E-state index in [-0.39, 0.29) is 24.4 Å². The number of carbonyl (C=O) groups is 2. The van der Waals surface area contributed by atoms with Crippen LogP contribution in [-0.4, -0.2) is 22.8 Å². The molecule has 0 unspecified atom stereocenters. The van der Waals surface area contributed by atoms with Crippen LogP contribution in [-0.2, 0) is 11.3 Å². The number of hydrogen-bond donors (Lipinski definition) is 1. The van der Waals surface area contributed by atoms with E-state index in [0.29, 0.717) is 27.5 Å². The van der Waals surface area contributed by atoms with Crippen molar-refractivity contribution in [3.8, 4) is 0 Å². The van der Waals surface area contributed by atoms with Crippen molar-refractivity contribution in [1.82, 2.24) is 10.2 Å². The monoisotopic (exact) mass is 482 g/mol. The van der Waals surface area contributed by atoms with Gasteiger partial charge in [0.15, 0.2) is 0 Å². The predicted molar refractivity (Wildman–Crippen MR) is 129 cm³/mol. The molecule has 1 aliphatic rings. The number of aryl methyl sites for hydroxylation is 1. The van der Waals surface area contributed by atoms with Gasteiger partial charge in [0.25, 0.3) is 5.91 Å². The van der Waals surface area contributed by atoms with Crippen LogP contribution in [0.25, 0.3) is 0 Å². The number of carbonyl (C=O) groups excluding carboxylic acids is 2. The smallest absolute Gasteiger partial charge is 0.258 e. The van der Waals surface area contributed by atoms with E-state index in [2.05, 4.69) is 5.32 Å². The van der Waals surface area contributed by atoms with Gasteiger partial charge in [0, 0.05) is 17.6 Å². The molecule has 1 heterocycles. The van der Waals surface area contributed by atoms with Crippen LogP contribution in [0.2, 0.25) is 5.02 Å². The van der Waals surface area contributed by atoms with Crippen molar-refractivity contribution in [2.24, 2.45) is 0 Å². The van der Waals surface area contributed by atoms with E-state index in [1.54, 1.807) is 31.2 Å². The molecule has 1 aliphatic carbocycles. The summed E-state index contributed by atoms with van der Waals surface area (Å²) in [6.07, 6.45) is 6.53. The molecule has 0 saturated heterocycles. The van der Waals surface area contributed by atoms with Crippen LogP contribution in [0.3, 0.4) is 0 Å². The molecule has 2 aromatic carbocycles. The average molecular weight is 483 g/mol.